The number of amides is 2. The van der Waals surface area contributed by atoms with E-state index in [9.17, 15) is 14.4 Å². The largest absolute Gasteiger partial charge is 0.347 e. The molecule has 2 amide bonds. The summed E-state index contributed by atoms with van der Waals surface area (Å²) in [5.74, 6) is 1.52. The van der Waals surface area contributed by atoms with Crippen LogP contribution in [0.25, 0.3) is 0 Å². The molecule has 2 aromatic heterocycles. The minimum Gasteiger partial charge on any atom is -0.331 e. The number of aryl methyl sites for hydroxylation is 1. The van der Waals surface area contributed by atoms with Crippen LogP contribution in [0, 0.1) is 12.8 Å². The Morgan fingerprint density at radius 3 is 2.75 bits per heavy atom. The molecule has 0 N–H and O–H groups in total. The fourth-order valence-electron chi connectivity index (χ4n) is 4.55. The van der Waals surface area contributed by atoms with Gasteiger partial charge in [-0.3, -0.25) is 19.1 Å². The van der Waals surface area contributed by atoms with Crippen molar-refractivity contribution in [1.29, 1.82) is 0 Å². The first-order chi connectivity index (χ1) is 15.3. The molecule has 2 aliphatic rings. The van der Waals surface area contributed by atoms with Gasteiger partial charge in [-0.25, -0.2) is 19.7 Å². The van der Waals surface area contributed by atoms with Crippen molar-refractivity contribution in [3.8, 4) is 0 Å². The second-order valence-corrected chi connectivity index (χ2v) is 9.00. The minimum absolute atomic E-state index is 0.0644. The molecule has 170 valence electrons. The molecule has 9 heteroatoms. The van der Waals surface area contributed by atoms with Gasteiger partial charge in [0.05, 0.1) is 6.04 Å². The van der Waals surface area contributed by atoms with Crippen LogP contribution in [0.2, 0.25) is 0 Å². The van der Waals surface area contributed by atoms with Gasteiger partial charge >= 0.3 is 5.69 Å². The standard InChI is InChI=1S/C23H30N6O3/c1-15(2)13-29-19(30)9-8-17-16(3)25-21(26-22(17)29)18-7-4-5-12-28(18)20(31)14-27-11-6-10-24-23(27)32/h6,10-11,15,18H,4-5,7-9,12-14H2,1-3H3/t18-/m1/s1. The van der Waals surface area contributed by atoms with Gasteiger partial charge in [0.15, 0.2) is 5.82 Å². The fraction of sp³-hybridized carbons (Fsp3) is 0.565. The maximum atomic E-state index is 13.2. The number of hydrogen-bond acceptors (Lipinski definition) is 6. The zero-order valence-corrected chi connectivity index (χ0v) is 19.0. The Morgan fingerprint density at radius 1 is 1.19 bits per heavy atom. The highest BCUT2D eigenvalue weighted by Crippen LogP contribution is 2.34. The van der Waals surface area contributed by atoms with Crippen LogP contribution in [-0.2, 0) is 22.6 Å². The van der Waals surface area contributed by atoms with E-state index < -0.39 is 5.69 Å². The van der Waals surface area contributed by atoms with Crippen molar-refractivity contribution in [2.75, 3.05) is 18.0 Å². The van der Waals surface area contributed by atoms with Crippen LogP contribution in [0.3, 0.4) is 0 Å². The van der Waals surface area contributed by atoms with Crippen LogP contribution in [0.1, 0.15) is 62.7 Å². The van der Waals surface area contributed by atoms with Crippen LogP contribution in [-0.4, -0.2) is 49.3 Å². The number of anilines is 1. The second kappa shape index (κ2) is 9.18. The molecule has 2 aliphatic heterocycles. The summed E-state index contributed by atoms with van der Waals surface area (Å²) < 4.78 is 1.32. The first kappa shape index (κ1) is 22.1. The van der Waals surface area contributed by atoms with Crippen molar-refractivity contribution >= 4 is 17.6 Å². The molecule has 0 unspecified atom stereocenters. The third kappa shape index (κ3) is 4.42. The molecule has 1 fully saturated rings. The fourth-order valence-corrected chi connectivity index (χ4v) is 4.55. The van der Waals surface area contributed by atoms with Gasteiger partial charge in [-0.15, -0.1) is 0 Å². The van der Waals surface area contributed by atoms with E-state index >= 15 is 0 Å². The van der Waals surface area contributed by atoms with Gasteiger partial charge in [0.2, 0.25) is 11.8 Å². The maximum absolute atomic E-state index is 13.2. The van der Waals surface area contributed by atoms with Gasteiger partial charge in [0.1, 0.15) is 12.4 Å². The Kier molecular flexibility index (Phi) is 6.34. The number of hydrogen-bond donors (Lipinski definition) is 0. The Hall–Kier alpha value is -3.10. The molecule has 1 atom stereocenters. The second-order valence-electron chi connectivity index (χ2n) is 9.00. The molecule has 0 bridgehead atoms. The lowest BCUT2D eigenvalue weighted by Crippen LogP contribution is -2.43. The van der Waals surface area contributed by atoms with E-state index in [1.807, 2.05) is 6.92 Å². The van der Waals surface area contributed by atoms with E-state index in [1.165, 1.54) is 10.8 Å². The molecule has 32 heavy (non-hydrogen) atoms. The SMILES string of the molecule is Cc1nc([C@H]2CCCCN2C(=O)Cn2cccnc2=O)nc2c1CCC(=O)N2CC(C)C. The molecule has 0 aliphatic carbocycles. The molecular formula is C23H30N6O3. The van der Waals surface area contributed by atoms with Crippen LogP contribution in [0.15, 0.2) is 23.3 Å². The average molecular weight is 439 g/mol. The third-order valence-electron chi connectivity index (χ3n) is 6.11. The van der Waals surface area contributed by atoms with Crippen LogP contribution in [0.5, 0.6) is 0 Å². The lowest BCUT2D eigenvalue weighted by Gasteiger charge is -2.36. The van der Waals surface area contributed by atoms with Crippen molar-refractivity contribution in [1.82, 2.24) is 24.4 Å². The highest BCUT2D eigenvalue weighted by molar-refractivity contribution is 5.95. The number of carbonyl (C=O) groups excluding carboxylic acids is 2. The molecule has 0 saturated carbocycles. The van der Waals surface area contributed by atoms with Gasteiger partial charge in [-0.1, -0.05) is 13.8 Å². The summed E-state index contributed by atoms with van der Waals surface area (Å²) in [5, 5.41) is 0. The lowest BCUT2D eigenvalue weighted by atomic mass is 9.99. The van der Waals surface area contributed by atoms with E-state index in [0.717, 1.165) is 30.5 Å². The number of likely N-dealkylation sites (tertiary alicyclic amines) is 1. The summed E-state index contributed by atoms with van der Waals surface area (Å²) in [7, 11) is 0. The highest BCUT2D eigenvalue weighted by atomic mass is 16.2. The summed E-state index contributed by atoms with van der Waals surface area (Å²) in [6.45, 7) is 7.26. The number of nitrogens with zero attached hydrogens (tertiary/aromatic N) is 6. The zero-order valence-electron chi connectivity index (χ0n) is 19.0. The average Bonchev–Trinajstić information content (AvgIpc) is 2.77. The summed E-state index contributed by atoms with van der Waals surface area (Å²) >= 11 is 0. The molecule has 4 rings (SSSR count). The van der Waals surface area contributed by atoms with Crippen molar-refractivity contribution < 1.29 is 9.59 Å². The highest BCUT2D eigenvalue weighted by Gasteiger charge is 2.34. The van der Waals surface area contributed by atoms with Gasteiger partial charge in [0, 0.05) is 43.2 Å². The molecule has 1 saturated heterocycles. The van der Waals surface area contributed by atoms with Gasteiger partial charge < -0.3 is 4.90 Å². The monoisotopic (exact) mass is 438 g/mol. The number of piperidine rings is 1. The lowest BCUT2D eigenvalue weighted by molar-refractivity contribution is -0.136. The summed E-state index contributed by atoms with van der Waals surface area (Å²) in [6.07, 6.45) is 6.72. The predicted molar refractivity (Wildman–Crippen MR) is 119 cm³/mol. The van der Waals surface area contributed by atoms with Crippen LogP contribution in [0.4, 0.5) is 5.82 Å². The molecular weight excluding hydrogens is 408 g/mol. The molecule has 0 aromatic carbocycles. The maximum Gasteiger partial charge on any atom is 0.347 e. The first-order valence-electron chi connectivity index (χ1n) is 11.3. The summed E-state index contributed by atoms with van der Waals surface area (Å²) in [5.41, 5.74) is 1.44. The van der Waals surface area contributed by atoms with E-state index in [1.54, 1.807) is 22.1 Å². The third-order valence-corrected chi connectivity index (χ3v) is 6.11. The van der Waals surface area contributed by atoms with Gasteiger partial charge in [0.25, 0.3) is 0 Å². The first-order valence-corrected chi connectivity index (χ1v) is 11.3. The molecule has 9 nitrogen and oxygen atoms in total. The smallest absolute Gasteiger partial charge is 0.331 e. The Bertz CT molecular complexity index is 1080. The van der Waals surface area contributed by atoms with Crippen molar-refractivity contribution in [3.63, 3.8) is 0 Å². The predicted octanol–water partition coefficient (Wildman–Crippen LogP) is 2.03. The van der Waals surface area contributed by atoms with E-state index in [0.29, 0.717) is 43.5 Å². The molecule has 4 heterocycles. The summed E-state index contributed by atoms with van der Waals surface area (Å²) in [4.78, 5) is 54.7. The number of carbonyl (C=O) groups is 2. The topological polar surface area (TPSA) is 101 Å². The normalized spacial score (nSPS) is 18.8. The van der Waals surface area contributed by atoms with Crippen molar-refractivity contribution in [2.24, 2.45) is 5.92 Å². The van der Waals surface area contributed by atoms with Crippen LogP contribution >= 0.6 is 0 Å². The Labute approximate surface area is 187 Å². The van der Waals surface area contributed by atoms with E-state index in [2.05, 4.69) is 18.8 Å². The number of rotatable bonds is 5. The van der Waals surface area contributed by atoms with E-state index in [-0.39, 0.29) is 24.4 Å². The molecule has 0 radical (unpaired) electrons. The Balaban J connectivity index is 1.66. The van der Waals surface area contributed by atoms with Crippen molar-refractivity contribution in [2.45, 2.75) is 65.5 Å². The summed E-state index contributed by atoms with van der Waals surface area (Å²) in [6, 6.07) is 1.36. The van der Waals surface area contributed by atoms with Gasteiger partial charge in [-0.05, 0) is 44.6 Å². The van der Waals surface area contributed by atoms with Gasteiger partial charge in [-0.2, -0.15) is 0 Å². The molecule has 2 aromatic rings. The number of aromatic nitrogens is 4. The number of fused-ring (bicyclic) bond motifs is 1. The van der Waals surface area contributed by atoms with Crippen molar-refractivity contribution in [3.05, 3.63) is 46.0 Å². The molecule has 0 spiro atoms. The Morgan fingerprint density at radius 2 is 2.00 bits per heavy atom. The quantitative estimate of drug-likeness (QED) is 0.708. The minimum atomic E-state index is -0.446. The van der Waals surface area contributed by atoms with Crippen LogP contribution < -0.4 is 10.6 Å². The van der Waals surface area contributed by atoms with E-state index in [4.69, 9.17) is 9.97 Å². The zero-order chi connectivity index (χ0) is 22.8.